The summed E-state index contributed by atoms with van der Waals surface area (Å²) in [6.45, 7) is 2.86. The normalized spacial score (nSPS) is 23.0. The largest absolute Gasteiger partial charge is 0.346 e. The lowest BCUT2D eigenvalue weighted by Gasteiger charge is -2.25. The fourth-order valence-electron chi connectivity index (χ4n) is 4.45. The van der Waals surface area contributed by atoms with Crippen LogP contribution in [0.2, 0.25) is 0 Å². The van der Waals surface area contributed by atoms with Gasteiger partial charge < -0.3 is 26.7 Å². The average Bonchev–Trinajstić information content (AvgIpc) is 3.01. The van der Waals surface area contributed by atoms with Gasteiger partial charge in [0, 0.05) is 36.5 Å². The van der Waals surface area contributed by atoms with Crippen molar-refractivity contribution >= 4 is 45.4 Å². The van der Waals surface area contributed by atoms with Gasteiger partial charge in [-0.3, -0.25) is 9.59 Å². The Morgan fingerprint density at radius 2 is 2.19 bits per heavy atom. The van der Waals surface area contributed by atoms with Crippen LogP contribution in [0.15, 0.2) is 18.1 Å². The van der Waals surface area contributed by atoms with E-state index < -0.39 is 6.17 Å². The Hall–Kier alpha value is -2.85. The van der Waals surface area contributed by atoms with Crippen molar-refractivity contribution in [2.24, 2.45) is 17.6 Å². The standard InChI is InChI=1S/C22H29N7O2S/c1-3-8-29(2)22(31)12-4-6-14-16(7-5-12)32-21-17(14)19(25-11-26-21)27-15-9-13(10-23)18(24)28-20(15)30/h9-13,18,23H,3-8,24H2,1-2H3,(H,28,30)(H,25,26,27)/t12-,13?,18?/m0/s1. The molecule has 0 saturated carbocycles. The number of anilines is 1. The van der Waals surface area contributed by atoms with Gasteiger partial charge in [-0.25, -0.2) is 9.97 Å². The van der Waals surface area contributed by atoms with Gasteiger partial charge in [0.1, 0.15) is 22.7 Å². The van der Waals surface area contributed by atoms with Crippen molar-refractivity contribution in [2.45, 2.75) is 45.2 Å². The Morgan fingerprint density at radius 1 is 1.41 bits per heavy atom. The number of carbonyl (C=O) groups is 2. The molecule has 0 fully saturated rings. The highest BCUT2D eigenvalue weighted by atomic mass is 32.1. The van der Waals surface area contributed by atoms with Crippen LogP contribution >= 0.6 is 11.3 Å². The average molecular weight is 456 g/mol. The lowest BCUT2D eigenvalue weighted by Crippen LogP contribution is -2.51. The van der Waals surface area contributed by atoms with E-state index in [0.717, 1.165) is 48.9 Å². The molecular formula is C22H29N7O2S. The monoisotopic (exact) mass is 455 g/mol. The van der Waals surface area contributed by atoms with E-state index in [1.54, 1.807) is 17.4 Å². The van der Waals surface area contributed by atoms with Gasteiger partial charge in [0.15, 0.2) is 0 Å². The van der Waals surface area contributed by atoms with Crippen LogP contribution in [-0.2, 0) is 22.4 Å². The lowest BCUT2D eigenvalue weighted by atomic mass is 9.97. The van der Waals surface area contributed by atoms with Crippen LogP contribution < -0.4 is 16.4 Å². The molecule has 1 aliphatic heterocycles. The van der Waals surface area contributed by atoms with Gasteiger partial charge in [-0.1, -0.05) is 6.92 Å². The van der Waals surface area contributed by atoms with Crippen LogP contribution in [0, 0.1) is 17.2 Å². The fraction of sp³-hybridized carbons (Fsp3) is 0.500. The number of amides is 2. The molecule has 0 saturated heterocycles. The maximum atomic E-state index is 12.8. The summed E-state index contributed by atoms with van der Waals surface area (Å²) < 4.78 is 0. The van der Waals surface area contributed by atoms with Crippen molar-refractivity contribution in [1.29, 1.82) is 5.41 Å². The first-order valence-electron chi connectivity index (χ1n) is 11.0. The van der Waals surface area contributed by atoms with Crippen LogP contribution in [0.25, 0.3) is 10.2 Å². The van der Waals surface area contributed by atoms with E-state index in [9.17, 15) is 9.59 Å². The number of rotatable bonds is 6. The van der Waals surface area contributed by atoms with E-state index in [2.05, 4.69) is 27.5 Å². The SMILES string of the molecule is CCCN(C)C(=O)[C@@H]1CCc2sc3ncnc(NC4=CC(C=N)C(N)NC4=O)c3c2CC1. The zero-order valence-corrected chi connectivity index (χ0v) is 19.2. The molecule has 10 heteroatoms. The summed E-state index contributed by atoms with van der Waals surface area (Å²) in [5.41, 5.74) is 7.37. The number of aromatic nitrogens is 2. The van der Waals surface area contributed by atoms with Crippen molar-refractivity contribution in [2.75, 3.05) is 18.9 Å². The number of nitrogens with two attached hydrogens (primary N) is 1. The predicted molar refractivity (Wildman–Crippen MR) is 126 cm³/mol. The van der Waals surface area contributed by atoms with Crippen LogP contribution in [0.3, 0.4) is 0 Å². The molecule has 2 aliphatic rings. The van der Waals surface area contributed by atoms with E-state index in [1.807, 2.05) is 11.9 Å². The molecule has 170 valence electrons. The highest BCUT2D eigenvalue weighted by Gasteiger charge is 2.29. The van der Waals surface area contributed by atoms with E-state index in [1.165, 1.54) is 23.0 Å². The molecule has 5 N–H and O–H groups in total. The molecule has 1 aliphatic carbocycles. The number of thiophene rings is 1. The Balaban J connectivity index is 1.62. The zero-order chi connectivity index (χ0) is 22.8. The number of fused-ring (bicyclic) bond motifs is 3. The molecule has 9 nitrogen and oxygen atoms in total. The second-order valence-electron chi connectivity index (χ2n) is 8.39. The van der Waals surface area contributed by atoms with Gasteiger partial charge >= 0.3 is 0 Å². The molecule has 2 aromatic rings. The number of hydrogen-bond acceptors (Lipinski definition) is 8. The molecule has 4 rings (SSSR count). The minimum atomic E-state index is -0.617. The summed E-state index contributed by atoms with van der Waals surface area (Å²) in [4.78, 5) is 38.1. The molecule has 0 radical (unpaired) electrons. The Bertz CT molecular complexity index is 1080. The second-order valence-corrected chi connectivity index (χ2v) is 9.47. The minimum Gasteiger partial charge on any atom is -0.346 e. The topological polar surface area (TPSA) is 137 Å². The second kappa shape index (κ2) is 9.33. The highest BCUT2D eigenvalue weighted by molar-refractivity contribution is 7.19. The van der Waals surface area contributed by atoms with Gasteiger partial charge in [0.2, 0.25) is 5.91 Å². The summed E-state index contributed by atoms with van der Waals surface area (Å²) >= 11 is 1.64. The fourth-order valence-corrected chi connectivity index (χ4v) is 5.65. The number of nitrogens with zero attached hydrogens (tertiary/aromatic N) is 3. The van der Waals surface area contributed by atoms with E-state index in [-0.39, 0.29) is 23.7 Å². The molecule has 0 aromatic carbocycles. The third-order valence-corrected chi connectivity index (χ3v) is 7.38. The van der Waals surface area contributed by atoms with Crippen LogP contribution in [0.4, 0.5) is 5.82 Å². The summed E-state index contributed by atoms with van der Waals surface area (Å²) in [7, 11) is 1.88. The molecule has 2 aromatic heterocycles. The number of hydrogen-bond donors (Lipinski definition) is 4. The molecule has 2 unspecified atom stereocenters. The maximum Gasteiger partial charge on any atom is 0.268 e. The van der Waals surface area contributed by atoms with Gasteiger partial charge in [-0.05, 0) is 43.7 Å². The third-order valence-electron chi connectivity index (χ3n) is 6.18. The summed E-state index contributed by atoms with van der Waals surface area (Å²) in [5, 5.41) is 14.3. The lowest BCUT2D eigenvalue weighted by molar-refractivity contribution is -0.134. The van der Waals surface area contributed by atoms with Crippen molar-refractivity contribution in [3.05, 3.63) is 28.5 Å². The first-order valence-corrected chi connectivity index (χ1v) is 11.8. The molecule has 32 heavy (non-hydrogen) atoms. The van der Waals surface area contributed by atoms with Crippen molar-refractivity contribution < 1.29 is 9.59 Å². The van der Waals surface area contributed by atoms with Crippen LogP contribution in [-0.4, -0.2) is 52.7 Å². The Labute approximate surface area is 191 Å². The number of aryl methyl sites for hydroxylation is 2. The Morgan fingerprint density at radius 3 is 2.94 bits per heavy atom. The summed E-state index contributed by atoms with van der Waals surface area (Å²) in [6.07, 6.45) is 7.92. The molecule has 2 amide bonds. The molecule has 3 atom stereocenters. The first kappa shape index (κ1) is 22.3. The van der Waals surface area contributed by atoms with E-state index in [0.29, 0.717) is 11.5 Å². The molecule has 0 bridgehead atoms. The van der Waals surface area contributed by atoms with E-state index >= 15 is 0 Å². The van der Waals surface area contributed by atoms with Gasteiger partial charge in [-0.15, -0.1) is 11.3 Å². The molecule has 0 spiro atoms. The predicted octanol–water partition coefficient (Wildman–Crippen LogP) is 2.03. The van der Waals surface area contributed by atoms with Crippen LogP contribution in [0.5, 0.6) is 0 Å². The van der Waals surface area contributed by atoms with Crippen molar-refractivity contribution in [3.63, 3.8) is 0 Å². The number of carbonyl (C=O) groups excluding carboxylic acids is 2. The smallest absolute Gasteiger partial charge is 0.268 e. The molecular weight excluding hydrogens is 426 g/mol. The first-order chi connectivity index (χ1) is 15.4. The number of nitrogens with one attached hydrogen (secondary N) is 3. The van der Waals surface area contributed by atoms with Crippen molar-refractivity contribution in [1.82, 2.24) is 20.2 Å². The highest BCUT2D eigenvalue weighted by Crippen LogP contribution is 2.39. The minimum absolute atomic E-state index is 0.0175. The van der Waals surface area contributed by atoms with Gasteiger partial charge in [-0.2, -0.15) is 0 Å². The summed E-state index contributed by atoms with van der Waals surface area (Å²) in [5.74, 6) is 0.0937. The summed E-state index contributed by atoms with van der Waals surface area (Å²) in [6, 6.07) is 0. The quantitative estimate of drug-likeness (QED) is 0.389. The van der Waals surface area contributed by atoms with Crippen molar-refractivity contribution in [3.8, 4) is 0 Å². The van der Waals surface area contributed by atoms with E-state index in [4.69, 9.17) is 11.1 Å². The van der Waals surface area contributed by atoms with Gasteiger partial charge in [0.25, 0.3) is 5.91 Å². The van der Waals surface area contributed by atoms with Crippen LogP contribution in [0.1, 0.15) is 36.6 Å². The molecule has 3 heterocycles. The maximum absolute atomic E-state index is 12.8. The third kappa shape index (κ3) is 4.24. The van der Waals surface area contributed by atoms with Gasteiger partial charge in [0.05, 0.1) is 11.6 Å². The zero-order valence-electron chi connectivity index (χ0n) is 18.4. The Kier molecular flexibility index (Phi) is 6.52.